The summed E-state index contributed by atoms with van der Waals surface area (Å²) in [6.45, 7) is 4.95. The van der Waals surface area contributed by atoms with E-state index in [1.165, 1.54) is 25.7 Å². The number of carbonyl (C=O) groups excluding carboxylic acids is 1. The minimum Gasteiger partial charge on any atom is -0.326 e. The van der Waals surface area contributed by atoms with E-state index in [4.69, 9.17) is 0 Å². The van der Waals surface area contributed by atoms with Gasteiger partial charge in [-0.15, -0.1) is 0 Å². The number of carbonyl (C=O) groups is 1. The molecule has 1 aliphatic heterocycles. The van der Waals surface area contributed by atoms with E-state index in [1.807, 2.05) is 11.8 Å². The number of hydrogen-bond acceptors (Lipinski definition) is 2. The van der Waals surface area contributed by atoms with Gasteiger partial charge < -0.3 is 4.90 Å². The summed E-state index contributed by atoms with van der Waals surface area (Å²) in [6, 6.07) is 0.0194. The van der Waals surface area contributed by atoms with E-state index in [0.717, 1.165) is 12.5 Å². The molecule has 1 heterocycles. The van der Waals surface area contributed by atoms with Gasteiger partial charge in [0.2, 0.25) is 5.91 Å². The van der Waals surface area contributed by atoms with E-state index in [2.05, 4.69) is 12.2 Å². The van der Waals surface area contributed by atoms with Gasteiger partial charge in [-0.1, -0.05) is 12.8 Å². The normalized spacial score (nSPS) is 32.7. The maximum Gasteiger partial charge on any atom is 0.240 e. The van der Waals surface area contributed by atoms with Gasteiger partial charge in [-0.05, 0) is 32.6 Å². The van der Waals surface area contributed by atoms with Crippen molar-refractivity contribution >= 4 is 5.91 Å². The zero-order chi connectivity index (χ0) is 10.1. The first-order valence-electron chi connectivity index (χ1n) is 5.75. The number of hydrogen-bond donors (Lipinski definition) is 1. The highest BCUT2D eigenvalue weighted by atomic mass is 16.2. The van der Waals surface area contributed by atoms with Gasteiger partial charge in [0, 0.05) is 6.54 Å². The van der Waals surface area contributed by atoms with E-state index in [1.54, 1.807) is 0 Å². The molecule has 2 fully saturated rings. The van der Waals surface area contributed by atoms with Crippen LogP contribution in [0.3, 0.4) is 0 Å². The monoisotopic (exact) mass is 196 g/mol. The van der Waals surface area contributed by atoms with Gasteiger partial charge >= 0.3 is 0 Å². The van der Waals surface area contributed by atoms with Crippen molar-refractivity contribution in [3.63, 3.8) is 0 Å². The Kier molecular flexibility index (Phi) is 2.77. The van der Waals surface area contributed by atoms with Crippen LogP contribution in [-0.4, -0.2) is 29.6 Å². The lowest BCUT2D eigenvalue weighted by Crippen LogP contribution is -2.35. The molecular formula is C11H20N2O. The molecule has 1 saturated carbocycles. The molecule has 0 bridgehead atoms. The average molecular weight is 196 g/mol. The Morgan fingerprint density at radius 1 is 1.43 bits per heavy atom. The summed E-state index contributed by atoms with van der Waals surface area (Å²) >= 11 is 0. The molecule has 80 valence electrons. The smallest absolute Gasteiger partial charge is 0.240 e. The summed E-state index contributed by atoms with van der Waals surface area (Å²) in [4.78, 5) is 13.6. The lowest BCUT2D eigenvalue weighted by atomic mass is 10.2. The first-order chi connectivity index (χ1) is 6.68. The predicted molar refractivity (Wildman–Crippen MR) is 55.7 cm³/mol. The molecule has 0 aromatic heterocycles. The van der Waals surface area contributed by atoms with E-state index in [0.29, 0.717) is 0 Å². The minimum absolute atomic E-state index is 0.0194. The summed E-state index contributed by atoms with van der Waals surface area (Å²) < 4.78 is 0. The zero-order valence-electron chi connectivity index (χ0n) is 9.12. The van der Waals surface area contributed by atoms with Crippen molar-refractivity contribution in [2.75, 3.05) is 6.54 Å². The van der Waals surface area contributed by atoms with Crippen molar-refractivity contribution in [3.05, 3.63) is 0 Å². The summed E-state index contributed by atoms with van der Waals surface area (Å²) in [5, 5.41) is 3.25. The lowest BCUT2D eigenvalue weighted by Gasteiger charge is -2.20. The first kappa shape index (κ1) is 9.97. The van der Waals surface area contributed by atoms with Gasteiger partial charge in [-0.3, -0.25) is 10.1 Å². The van der Waals surface area contributed by atoms with Crippen molar-refractivity contribution in [2.45, 2.75) is 51.7 Å². The molecule has 0 radical (unpaired) electrons. The van der Waals surface area contributed by atoms with Crippen LogP contribution in [0.2, 0.25) is 0 Å². The lowest BCUT2D eigenvalue weighted by molar-refractivity contribution is -0.129. The van der Waals surface area contributed by atoms with Crippen LogP contribution in [0.15, 0.2) is 0 Å². The van der Waals surface area contributed by atoms with Crippen molar-refractivity contribution in [3.8, 4) is 0 Å². The van der Waals surface area contributed by atoms with Crippen LogP contribution in [-0.2, 0) is 4.79 Å². The molecule has 1 saturated heterocycles. The van der Waals surface area contributed by atoms with Gasteiger partial charge in [0.25, 0.3) is 0 Å². The summed E-state index contributed by atoms with van der Waals surface area (Å²) in [6.07, 6.45) is 5.55. The van der Waals surface area contributed by atoms with Crippen LogP contribution in [0.1, 0.15) is 39.5 Å². The van der Waals surface area contributed by atoms with Crippen LogP contribution in [0.25, 0.3) is 0 Å². The Labute approximate surface area is 85.8 Å². The highest BCUT2D eigenvalue weighted by Gasteiger charge is 2.33. The molecule has 1 amide bonds. The Hall–Kier alpha value is -0.570. The van der Waals surface area contributed by atoms with E-state index in [-0.39, 0.29) is 18.1 Å². The van der Waals surface area contributed by atoms with Gasteiger partial charge in [0.1, 0.15) is 0 Å². The standard InChI is InChI=1S/C11H20N2O/c1-8-11(14)13(9(2)12-8)7-3-4-10-5-6-10/h8-10,12H,3-7H2,1-2H3. The molecule has 2 unspecified atom stereocenters. The molecule has 0 aromatic carbocycles. The third-order valence-electron chi connectivity index (χ3n) is 3.32. The first-order valence-corrected chi connectivity index (χ1v) is 5.75. The molecule has 0 aromatic rings. The average Bonchev–Trinajstić information content (AvgIpc) is 2.90. The Bertz CT molecular complexity index is 225. The quantitative estimate of drug-likeness (QED) is 0.736. The predicted octanol–water partition coefficient (Wildman–Crippen LogP) is 1.34. The van der Waals surface area contributed by atoms with Gasteiger partial charge in [-0.2, -0.15) is 0 Å². The topological polar surface area (TPSA) is 32.3 Å². The van der Waals surface area contributed by atoms with Crippen LogP contribution in [0.4, 0.5) is 0 Å². The Balaban J connectivity index is 1.74. The second-order valence-electron chi connectivity index (χ2n) is 4.68. The molecule has 2 atom stereocenters. The SMILES string of the molecule is CC1NC(C)N(CCCC2CC2)C1=O. The van der Waals surface area contributed by atoms with Crippen LogP contribution in [0.5, 0.6) is 0 Å². The number of amides is 1. The molecule has 1 N–H and O–H groups in total. The Morgan fingerprint density at radius 3 is 2.64 bits per heavy atom. The molecule has 0 spiro atoms. The van der Waals surface area contributed by atoms with E-state index in [9.17, 15) is 4.79 Å². The fourth-order valence-corrected chi connectivity index (χ4v) is 2.22. The molecule has 14 heavy (non-hydrogen) atoms. The fourth-order valence-electron chi connectivity index (χ4n) is 2.22. The molecular weight excluding hydrogens is 176 g/mol. The molecule has 3 heteroatoms. The van der Waals surface area contributed by atoms with Crippen molar-refractivity contribution < 1.29 is 4.79 Å². The maximum atomic E-state index is 11.7. The Morgan fingerprint density at radius 2 is 2.14 bits per heavy atom. The van der Waals surface area contributed by atoms with Gasteiger partial charge in [0.15, 0.2) is 0 Å². The van der Waals surface area contributed by atoms with E-state index >= 15 is 0 Å². The van der Waals surface area contributed by atoms with Crippen molar-refractivity contribution in [1.29, 1.82) is 0 Å². The van der Waals surface area contributed by atoms with Crippen LogP contribution >= 0.6 is 0 Å². The molecule has 1 aliphatic carbocycles. The second kappa shape index (κ2) is 3.89. The number of nitrogens with one attached hydrogen (secondary N) is 1. The summed E-state index contributed by atoms with van der Waals surface area (Å²) in [5.41, 5.74) is 0. The van der Waals surface area contributed by atoms with Crippen LogP contribution in [0, 0.1) is 5.92 Å². The minimum atomic E-state index is 0.0194. The molecule has 2 rings (SSSR count). The molecule has 2 aliphatic rings. The largest absolute Gasteiger partial charge is 0.326 e. The maximum absolute atomic E-state index is 11.7. The fraction of sp³-hybridized carbons (Fsp3) is 0.909. The molecule has 3 nitrogen and oxygen atoms in total. The highest BCUT2D eigenvalue weighted by molar-refractivity contribution is 5.83. The van der Waals surface area contributed by atoms with Crippen molar-refractivity contribution in [2.24, 2.45) is 5.92 Å². The summed E-state index contributed by atoms with van der Waals surface area (Å²) in [7, 11) is 0. The second-order valence-corrected chi connectivity index (χ2v) is 4.68. The van der Waals surface area contributed by atoms with Gasteiger partial charge in [-0.25, -0.2) is 0 Å². The van der Waals surface area contributed by atoms with Crippen molar-refractivity contribution in [1.82, 2.24) is 10.2 Å². The third-order valence-corrected chi connectivity index (χ3v) is 3.32. The summed E-state index contributed by atoms with van der Waals surface area (Å²) in [5.74, 6) is 1.25. The van der Waals surface area contributed by atoms with E-state index < -0.39 is 0 Å². The number of nitrogens with zero attached hydrogens (tertiary/aromatic N) is 1. The van der Waals surface area contributed by atoms with Crippen LogP contribution < -0.4 is 5.32 Å². The number of rotatable bonds is 4. The van der Waals surface area contributed by atoms with Gasteiger partial charge in [0.05, 0.1) is 12.2 Å². The zero-order valence-corrected chi connectivity index (χ0v) is 9.12. The third kappa shape index (κ3) is 2.08. The highest BCUT2D eigenvalue weighted by Crippen LogP contribution is 2.33.